The number of thiophene rings is 1. The van der Waals surface area contributed by atoms with Gasteiger partial charge in [-0.2, -0.15) is 0 Å². The van der Waals surface area contributed by atoms with Crippen molar-refractivity contribution in [1.82, 2.24) is 10.2 Å². The number of carbonyl (C=O) groups excluding carboxylic acids is 1. The second kappa shape index (κ2) is 7.96. The molecule has 0 aliphatic heterocycles. The van der Waals surface area contributed by atoms with Gasteiger partial charge >= 0.3 is 0 Å². The van der Waals surface area contributed by atoms with Crippen LogP contribution in [0.15, 0.2) is 40.6 Å². The van der Waals surface area contributed by atoms with E-state index in [0.717, 1.165) is 4.88 Å². The summed E-state index contributed by atoms with van der Waals surface area (Å²) in [5, 5.41) is 9.95. The molecule has 0 fully saturated rings. The zero-order valence-corrected chi connectivity index (χ0v) is 15.9. The first kappa shape index (κ1) is 19.4. The highest BCUT2D eigenvalue weighted by molar-refractivity contribution is 7.89. The molecule has 0 radical (unpaired) electrons. The molecule has 136 valence electrons. The molecule has 0 saturated carbocycles. The zero-order chi connectivity index (χ0) is 18.6. The topological polar surface area (TPSA) is 102 Å². The smallest absolute Gasteiger partial charge is 0.255 e. The molecular weight excluding hydrogens is 362 g/mol. The lowest BCUT2D eigenvalue weighted by molar-refractivity contribution is 0.0939. The standard InChI is InChI=1S/C16H21N3O4S2/c1-19(2)13(15-5-4-8-24-15)10-18-16(20)12-9-11(25(17,21)22)6-7-14(12)23-3/h4-9,13H,10H2,1-3H3,(H,18,20)(H2,17,21,22)/t13-/m1/s1. The molecule has 0 aliphatic carbocycles. The van der Waals surface area contributed by atoms with Gasteiger partial charge in [0.1, 0.15) is 5.75 Å². The summed E-state index contributed by atoms with van der Waals surface area (Å²) in [4.78, 5) is 15.5. The van der Waals surface area contributed by atoms with Gasteiger partial charge in [-0.3, -0.25) is 4.79 Å². The van der Waals surface area contributed by atoms with Gasteiger partial charge in [0.05, 0.1) is 23.6 Å². The van der Waals surface area contributed by atoms with Crippen molar-refractivity contribution in [3.8, 4) is 5.75 Å². The van der Waals surface area contributed by atoms with E-state index >= 15 is 0 Å². The van der Waals surface area contributed by atoms with Crippen molar-refractivity contribution < 1.29 is 17.9 Å². The number of nitrogens with zero attached hydrogens (tertiary/aromatic N) is 1. The number of rotatable bonds is 7. The molecule has 0 spiro atoms. The summed E-state index contributed by atoms with van der Waals surface area (Å²) >= 11 is 1.61. The fourth-order valence-corrected chi connectivity index (χ4v) is 3.81. The lowest BCUT2D eigenvalue weighted by Gasteiger charge is -2.23. The highest BCUT2D eigenvalue weighted by atomic mass is 32.2. The first-order valence-electron chi connectivity index (χ1n) is 7.43. The molecule has 1 atom stereocenters. The van der Waals surface area contributed by atoms with E-state index in [1.165, 1.54) is 25.3 Å². The maximum atomic E-state index is 12.6. The molecule has 3 N–H and O–H groups in total. The highest BCUT2D eigenvalue weighted by Gasteiger charge is 2.20. The average molecular weight is 383 g/mol. The van der Waals surface area contributed by atoms with E-state index in [9.17, 15) is 13.2 Å². The van der Waals surface area contributed by atoms with Gasteiger partial charge in [-0.15, -0.1) is 11.3 Å². The molecule has 1 aromatic heterocycles. The molecule has 0 aliphatic rings. The van der Waals surface area contributed by atoms with Crippen LogP contribution in [0.3, 0.4) is 0 Å². The van der Waals surface area contributed by atoms with E-state index in [1.807, 2.05) is 36.5 Å². The van der Waals surface area contributed by atoms with Crippen LogP contribution in [0.5, 0.6) is 5.75 Å². The molecule has 1 aromatic carbocycles. The minimum atomic E-state index is -3.91. The van der Waals surface area contributed by atoms with Crippen LogP contribution in [0.1, 0.15) is 21.3 Å². The second-order valence-corrected chi connectivity index (χ2v) is 8.15. The number of primary sulfonamides is 1. The summed E-state index contributed by atoms with van der Waals surface area (Å²) < 4.78 is 28.2. The minimum absolute atomic E-state index is 0.0105. The molecule has 9 heteroatoms. The molecule has 1 amide bonds. The van der Waals surface area contributed by atoms with Gasteiger partial charge in [0, 0.05) is 11.4 Å². The van der Waals surface area contributed by atoms with Crippen molar-refractivity contribution in [3.63, 3.8) is 0 Å². The Morgan fingerprint density at radius 2 is 2.08 bits per heavy atom. The number of carbonyl (C=O) groups is 1. The number of nitrogens with two attached hydrogens (primary N) is 1. The summed E-state index contributed by atoms with van der Waals surface area (Å²) in [6.45, 7) is 0.370. The van der Waals surface area contributed by atoms with Crippen LogP contribution in [0, 0.1) is 0 Å². The van der Waals surface area contributed by atoms with Crippen molar-refractivity contribution in [1.29, 1.82) is 0 Å². The number of sulfonamides is 1. The van der Waals surface area contributed by atoms with Gasteiger partial charge in [0.15, 0.2) is 0 Å². The zero-order valence-electron chi connectivity index (χ0n) is 14.2. The Morgan fingerprint density at radius 1 is 1.36 bits per heavy atom. The summed E-state index contributed by atoms with van der Waals surface area (Å²) in [6.07, 6.45) is 0. The molecule has 7 nitrogen and oxygen atoms in total. The Balaban J connectivity index is 2.22. The van der Waals surface area contributed by atoms with Crippen LogP contribution in [-0.2, 0) is 10.0 Å². The normalized spacial score (nSPS) is 12.8. The number of likely N-dealkylation sites (N-methyl/N-ethyl adjacent to an activating group) is 1. The summed E-state index contributed by atoms with van der Waals surface area (Å²) in [7, 11) is 1.37. The molecule has 0 bridgehead atoms. The monoisotopic (exact) mass is 383 g/mol. The van der Waals surface area contributed by atoms with Crippen molar-refractivity contribution >= 4 is 27.3 Å². The molecule has 2 aromatic rings. The van der Waals surface area contributed by atoms with Gasteiger partial charge in [0.2, 0.25) is 10.0 Å². The van der Waals surface area contributed by atoms with Gasteiger partial charge in [-0.05, 0) is 43.7 Å². The Kier molecular flexibility index (Phi) is 6.17. The van der Waals surface area contributed by atoms with E-state index in [1.54, 1.807) is 11.3 Å². The van der Waals surface area contributed by atoms with Gasteiger partial charge in [-0.25, -0.2) is 13.6 Å². The van der Waals surface area contributed by atoms with E-state index in [-0.39, 0.29) is 22.3 Å². The third-order valence-electron chi connectivity index (χ3n) is 3.70. The van der Waals surface area contributed by atoms with Crippen LogP contribution < -0.4 is 15.2 Å². The predicted molar refractivity (Wildman–Crippen MR) is 97.4 cm³/mol. The van der Waals surface area contributed by atoms with E-state index in [0.29, 0.717) is 6.54 Å². The first-order valence-corrected chi connectivity index (χ1v) is 9.85. The second-order valence-electron chi connectivity index (χ2n) is 5.61. The minimum Gasteiger partial charge on any atom is -0.496 e. The SMILES string of the molecule is COc1ccc(S(N)(=O)=O)cc1C(=O)NC[C@H](c1cccs1)N(C)C. The number of amides is 1. The van der Waals surface area contributed by atoms with Crippen molar-refractivity contribution in [2.45, 2.75) is 10.9 Å². The third kappa shape index (κ3) is 4.79. The Bertz CT molecular complexity index is 833. The molecule has 0 unspecified atom stereocenters. The Labute approximate surface area is 151 Å². The maximum Gasteiger partial charge on any atom is 0.255 e. The quantitative estimate of drug-likeness (QED) is 0.753. The molecule has 2 rings (SSSR count). The van der Waals surface area contributed by atoms with Crippen LogP contribution in [0.25, 0.3) is 0 Å². The number of methoxy groups -OCH3 is 1. The summed E-state index contributed by atoms with van der Waals surface area (Å²) in [5.74, 6) is -0.145. The number of hydrogen-bond acceptors (Lipinski definition) is 6. The molecule has 1 heterocycles. The van der Waals surface area contributed by atoms with E-state index < -0.39 is 15.9 Å². The predicted octanol–water partition coefficient (Wildman–Crippen LogP) is 1.44. The number of benzene rings is 1. The number of nitrogens with one attached hydrogen (secondary N) is 1. The van der Waals surface area contributed by atoms with Crippen LogP contribution in [0.4, 0.5) is 0 Å². The van der Waals surface area contributed by atoms with E-state index in [4.69, 9.17) is 9.88 Å². The highest BCUT2D eigenvalue weighted by Crippen LogP contribution is 2.24. The maximum absolute atomic E-state index is 12.6. The summed E-state index contributed by atoms with van der Waals surface area (Å²) in [5.41, 5.74) is 0.123. The number of hydrogen-bond donors (Lipinski definition) is 2. The molecular formula is C16H21N3O4S2. The largest absolute Gasteiger partial charge is 0.496 e. The van der Waals surface area contributed by atoms with Crippen molar-refractivity contribution in [3.05, 3.63) is 46.2 Å². The van der Waals surface area contributed by atoms with Crippen LogP contribution in [-0.4, -0.2) is 47.0 Å². The Hall–Kier alpha value is -1.94. The molecule has 0 saturated heterocycles. The fraction of sp³-hybridized carbons (Fsp3) is 0.312. The first-order chi connectivity index (χ1) is 11.7. The van der Waals surface area contributed by atoms with Crippen molar-refractivity contribution in [2.24, 2.45) is 5.14 Å². The van der Waals surface area contributed by atoms with E-state index in [2.05, 4.69) is 5.32 Å². The third-order valence-corrected chi connectivity index (χ3v) is 5.58. The van der Waals surface area contributed by atoms with Crippen LogP contribution in [0.2, 0.25) is 0 Å². The lowest BCUT2D eigenvalue weighted by atomic mass is 10.1. The lowest BCUT2D eigenvalue weighted by Crippen LogP contribution is -2.34. The van der Waals surface area contributed by atoms with Crippen molar-refractivity contribution in [2.75, 3.05) is 27.7 Å². The van der Waals surface area contributed by atoms with Crippen LogP contribution >= 0.6 is 11.3 Å². The average Bonchev–Trinajstić information content (AvgIpc) is 3.07. The fourth-order valence-electron chi connectivity index (χ4n) is 2.34. The molecule has 25 heavy (non-hydrogen) atoms. The summed E-state index contributed by atoms with van der Waals surface area (Å²) in [6, 6.07) is 7.91. The van der Waals surface area contributed by atoms with Gasteiger partial charge in [-0.1, -0.05) is 6.07 Å². The van der Waals surface area contributed by atoms with Gasteiger partial charge < -0.3 is 15.0 Å². The Morgan fingerprint density at radius 3 is 2.60 bits per heavy atom. The number of ether oxygens (including phenoxy) is 1. The van der Waals surface area contributed by atoms with Gasteiger partial charge in [0.25, 0.3) is 5.91 Å².